The van der Waals surface area contributed by atoms with Crippen LogP contribution in [0.2, 0.25) is 0 Å². The van der Waals surface area contributed by atoms with Crippen molar-refractivity contribution in [2.24, 2.45) is 0 Å². The summed E-state index contributed by atoms with van der Waals surface area (Å²) in [4.78, 5) is 19.3. The first-order valence-corrected chi connectivity index (χ1v) is 11.9. The molecule has 1 aliphatic rings. The highest BCUT2D eigenvalue weighted by Gasteiger charge is 2.22. The van der Waals surface area contributed by atoms with E-state index >= 15 is 0 Å². The molecule has 7 heteroatoms. The number of ether oxygens (including phenoxy) is 1. The standard InChI is InChI=1S/C22H24N4O2S.C3H8.H2/c1-14-11-26(12-15(2)28-14)19-8-6-16(7-9-19)21(27)24-18-5-3-4-17(10-18)20-13-29-22(23)25-20;1-3-2;/h3-10,13-15H,11-12H2,1-2H3,(H2,23,25)(H,24,27);3H2,1-2H3;1H/t14-,15+;;. The molecule has 6 nitrogen and oxygen atoms in total. The molecule has 1 aliphatic heterocycles. The molecular formula is C25H34N4O2S. The lowest BCUT2D eigenvalue weighted by molar-refractivity contribution is -0.00522. The van der Waals surface area contributed by atoms with Crippen LogP contribution < -0.4 is 16.0 Å². The predicted molar refractivity (Wildman–Crippen MR) is 137 cm³/mol. The topological polar surface area (TPSA) is 80.5 Å². The van der Waals surface area contributed by atoms with Crippen LogP contribution in [0.15, 0.2) is 53.9 Å². The van der Waals surface area contributed by atoms with Gasteiger partial charge in [-0.1, -0.05) is 32.4 Å². The number of nitrogens with zero attached hydrogens (tertiary/aromatic N) is 2. The molecule has 3 aromatic rings. The normalized spacial score (nSPS) is 17.9. The summed E-state index contributed by atoms with van der Waals surface area (Å²) in [5.41, 5.74) is 9.89. The maximum absolute atomic E-state index is 12.7. The third kappa shape index (κ3) is 6.31. The molecule has 0 spiro atoms. The van der Waals surface area contributed by atoms with Crippen molar-refractivity contribution in [2.45, 2.75) is 46.3 Å². The SMILES string of the molecule is CCC.C[C@@H]1CN(c2ccc(C(=O)Nc3cccc(-c4csc(N)n4)c3)cc2)C[C@H](C)O1.[HH]. The quantitative estimate of drug-likeness (QED) is 0.511. The van der Waals surface area contributed by atoms with Crippen molar-refractivity contribution in [3.05, 3.63) is 59.5 Å². The molecule has 0 bridgehead atoms. The Kier molecular flexibility index (Phi) is 8.25. The summed E-state index contributed by atoms with van der Waals surface area (Å²) >= 11 is 1.40. The van der Waals surface area contributed by atoms with Crippen molar-refractivity contribution in [3.63, 3.8) is 0 Å². The van der Waals surface area contributed by atoms with E-state index in [1.807, 2.05) is 53.9 Å². The molecule has 1 aromatic heterocycles. The molecule has 2 atom stereocenters. The van der Waals surface area contributed by atoms with Crippen LogP contribution in [0.25, 0.3) is 11.3 Å². The maximum atomic E-state index is 12.7. The number of morpholine rings is 1. The summed E-state index contributed by atoms with van der Waals surface area (Å²) in [6, 6.07) is 15.3. The van der Waals surface area contributed by atoms with Crippen LogP contribution in [0.5, 0.6) is 0 Å². The lowest BCUT2D eigenvalue weighted by Gasteiger charge is -2.36. The molecule has 1 fully saturated rings. The third-order valence-electron chi connectivity index (χ3n) is 4.85. The summed E-state index contributed by atoms with van der Waals surface area (Å²) < 4.78 is 5.79. The van der Waals surface area contributed by atoms with Crippen LogP contribution in [-0.2, 0) is 4.74 Å². The van der Waals surface area contributed by atoms with E-state index in [0.29, 0.717) is 10.7 Å². The molecule has 0 aliphatic carbocycles. The zero-order valence-corrected chi connectivity index (χ0v) is 20.0. The second-order valence-electron chi connectivity index (χ2n) is 8.02. The van der Waals surface area contributed by atoms with Crippen LogP contribution >= 0.6 is 11.3 Å². The zero-order chi connectivity index (χ0) is 23.1. The van der Waals surface area contributed by atoms with E-state index in [1.54, 1.807) is 0 Å². The number of rotatable bonds is 4. The molecule has 3 N–H and O–H groups in total. The number of nitrogens with two attached hydrogens (primary N) is 1. The second-order valence-corrected chi connectivity index (χ2v) is 8.91. The van der Waals surface area contributed by atoms with Gasteiger partial charge in [-0.25, -0.2) is 4.98 Å². The number of amides is 1. The van der Waals surface area contributed by atoms with Crippen molar-refractivity contribution in [2.75, 3.05) is 29.0 Å². The van der Waals surface area contributed by atoms with Crippen LogP contribution in [0.3, 0.4) is 0 Å². The summed E-state index contributed by atoms with van der Waals surface area (Å²) in [5.74, 6) is -0.143. The van der Waals surface area contributed by atoms with Crippen molar-refractivity contribution in [3.8, 4) is 11.3 Å². The number of aromatic nitrogens is 1. The number of nitrogen functional groups attached to an aromatic ring is 1. The largest absolute Gasteiger partial charge is 0.375 e. The molecule has 1 amide bonds. The Labute approximate surface area is 195 Å². The van der Waals surface area contributed by atoms with Gasteiger partial charge >= 0.3 is 0 Å². The Hall–Kier alpha value is -2.90. The number of hydrogen-bond donors (Lipinski definition) is 2. The van der Waals surface area contributed by atoms with E-state index in [9.17, 15) is 4.79 Å². The van der Waals surface area contributed by atoms with E-state index in [4.69, 9.17) is 10.5 Å². The molecule has 0 unspecified atom stereocenters. The Balaban J connectivity index is 0.000000914. The minimum absolute atomic E-state index is 0. The minimum Gasteiger partial charge on any atom is -0.375 e. The van der Waals surface area contributed by atoms with Gasteiger partial charge in [-0.3, -0.25) is 4.79 Å². The number of anilines is 3. The van der Waals surface area contributed by atoms with Crippen LogP contribution in [0.4, 0.5) is 16.5 Å². The van der Waals surface area contributed by atoms with Crippen LogP contribution in [-0.4, -0.2) is 36.2 Å². The highest BCUT2D eigenvalue weighted by atomic mass is 32.1. The van der Waals surface area contributed by atoms with Gasteiger partial charge < -0.3 is 20.7 Å². The van der Waals surface area contributed by atoms with Crippen molar-refractivity contribution < 1.29 is 11.0 Å². The fourth-order valence-corrected chi connectivity index (χ4v) is 4.16. The second kappa shape index (κ2) is 11.1. The molecule has 2 heterocycles. The Morgan fingerprint density at radius 1 is 1.19 bits per heavy atom. The number of benzene rings is 2. The lowest BCUT2D eigenvalue weighted by atomic mass is 10.1. The van der Waals surface area contributed by atoms with Gasteiger partial charge in [-0.2, -0.15) is 0 Å². The molecule has 4 rings (SSSR count). The molecule has 0 radical (unpaired) electrons. The van der Waals surface area contributed by atoms with Gasteiger partial charge in [0.1, 0.15) is 0 Å². The summed E-state index contributed by atoms with van der Waals surface area (Å²) in [6.07, 6.45) is 1.64. The minimum atomic E-state index is -0.143. The molecule has 172 valence electrons. The van der Waals surface area contributed by atoms with E-state index in [0.717, 1.165) is 35.7 Å². The average Bonchev–Trinajstić information content (AvgIpc) is 3.20. The molecule has 1 saturated heterocycles. The van der Waals surface area contributed by atoms with Gasteiger partial charge in [0.15, 0.2) is 5.13 Å². The van der Waals surface area contributed by atoms with Gasteiger partial charge in [-0.15, -0.1) is 11.3 Å². The number of hydrogen-bond acceptors (Lipinski definition) is 6. The maximum Gasteiger partial charge on any atom is 0.255 e. The Morgan fingerprint density at radius 2 is 1.84 bits per heavy atom. The van der Waals surface area contributed by atoms with Crippen LogP contribution in [0.1, 0.15) is 45.9 Å². The Bertz CT molecular complexity index is 1020. The van der Waals surface area contributed by atoms with Crippen LogP contribution in [0, 0.1) is 0 Å². The molecule has 32 heavy (non-hydrogen) atoms. The number of nitrogens with one attached hydrogen (secondary N) is 1. The highest BCUT2D eigenvalue weighted by Crippen LogP contribution is 2.26. The average molecular weight is 455 g/mol. The first-order chi connectivity index (χ1) is 15.4. The van der Waals surface area contributed by atoms with Gasteiger partial charge in [0.2, 0.25) is 0 Å². The summed E-state index contributed by atoms with van der Waals surface area (Å²) in [5, 5.41) is 5.39. The predicted octanol–water partition coefficient (Wildman–Crippen LogP) is 5.92. The van der Waals surface area contributed by atoms with E-state index in [-0.39, 0.29) is 19.5 Å². The number of carbonyl (C=O) groups excluding carboxylic acids is 1. The van der Waals surface area contributed by atoms with Crippen molar-refractivity contribution in [1.29, 1.82) is 0 Å². The van der Waals surface area contributed by atoms with E-state index in [1.165, 1.54) is 17.8 Å². The fourth-order valence-electron chi connectivity index (χ4n) is 3.59. The van der Waals surface area contributed by atoms with E-state index < -0.39 is 0 Å². The highest BCUT2D eigenvalue weighted by molar-refractivity contribution is 7.13. The van der Waals surface area contributed by atoms with Crippen molar-refractivity contribution >= 4 is 33.8 Å². The van der Waals surface area contributed by atoms with Crippen molar-refractivity contribution in [1.82, 2.24) is 4.98 Å². The first kappa shape index (κ1) is 23.8. The smallest absolute Gasteiger partial charge is 0.255 e. The Morgan fingerprint density at radius 3 is 2.44 bits per heavy atom. The first-order valence-electron chi connectivity index (χ1n) is 11.0. The summed E-state index contributed by atoms with van der Waals surface area (Å²) in [7, 11) is 0. The molecular weight excluding hydrogens is 420 g/mol. The fraction of sp³-hybridized carbons (Fsp3) is 0.360. The third-order valence-corrected chi connectivity index (χ3v) is 5.53. The van der Waals surface area contributed by atoms with Gasteiger partial charge in [0.05, 0.1) is 17.9 Å². The van der Waals surface area contributed by atoms with Gasteiger partial charge in [-0.05, 0) is 50.2 Å². The number of carbonyl (C=O) groups is 1. The van der Waals surface area contributed by atoms with Gasteiger partial charge in [0, 0.05) is 42.4 Å². The molecule has 2 aromatic carbocycles. The zero-order valence-electron chi connectivity index (χ0n) is 19.2. The van der Waals surface area contributed by atoms with E-state index in [2.05, 4.69) is 42.9 Å². The molecule has 0 saturated carbocycles. The van der Waals surface area contributed by atoms with Gasteiger partial charge in [0.25, 0.3) is 5.91 Å². The lowest BCUT2D eigenvalue weighted by Crippen LogP contribution is -2.45. The monoisotopic (exact) mass is 454 g/mol. The summed E-state index contributed by atoms with van der Waals surface area (Å²) in [6.45, 7) is 10.1. The number of thiazole rings is 1.